The number of aromatic hydroxyl groups is 1. The minimum Gasteiger partial charge on any atom is -0.507 e. The summed E-state index contributed by atoms with van der Waals surface area (Å²) in [6.45, 7) is 1.84. The standard InChI is InChI=1S/C28H21N3O9S2/c1-15-3-5-16(6-4-15)25(33)23-24(17-7-12-20(32)21(13-17)40-2)30(27(35)26(23)34)28-29-14-22(41-28)42(38,39)19-10-8-18(9-11-19)31(36)37/h3-14,24,32-33H,1-2H3/t24-/m0/s1. The molecule has 2 heterocycles. The summed E-state index contributed by atoms with van der Waals surface area (Å²) < 4.78 is 31.5. The van der Waals surface area contributed by atoms with Gasteiger partial charge in [0, 0.05) is 17.7 Å². The Morgan fingerprint density at radius 1 is 1.07 bits per heavy atom. The molecule has 1 atom stereocenters. The molecule has 1 aliphatic rings. The van der Waals surface area contributed by atoms with Crippen LogP contribution < -0.4 is 9.64 Å². The van der Waals surface area contributed by atoms with Crippen molar-refractivity contribution in [2.75, 3.05) is 12.0 Å². The van der Waals surface area contributed by atoms with Crippen LogP contribution in [0.2, 0.25) is 0 Å². The van der Waals surface area contributed by atoms with Crippen molar-refractivity contribution in [2.24, 2.45) is 0 Å². The van der Waals surface area contributed by atoms with Crippen molar-refractivity contribution in [3.63, 3.8) is 0 Å². The van der Waals surface area contributed by atoms with Gasteiger partial charge in [-0.1, -0.05) is 47.2 Å². The van der Waals surface area contributed by atoms with E-state index in [0.29, 0.717) is 11.3 Å². The minimum absolute atomic E-state index is 0.0361. The number of aliphatic hydroxyl groups is 1. The minimum atomic E-state index is -4.20. The molecule has 42 heavy (non-hydrogen) atoms. The number of carbonyl (C=O) groups excluding carboxylic acids is 2. The Labute approximate surface area is 242 Å². The molecule has 1 saturated heterocycles. The fourth-order valence-electron chi connectivity index (χ4n) is 4.43. The number of hydrogen-bond donors (Lipinski definition) is 2. The number of benzene rings is 3. The number of Topliss-reactive ketones (excluding diaryl/α,β-unsaturated/α-hetero) is 1. The number of nitro benzene ring substituents is 1. The summed E-state index contributed by atoms with van der Waals surface area (Å²) in [6.07, 6.45) is 1.02. The van der Waals surface area contributed by atoms with Crippen LogP contribution in [0.3, 0.4) is 0 Å². The molecule has 214 valence electrons. The highest BCUT2D eigenvalue weighted by Crippen LogP contribution is 2.45. The van der Waals surface area contributed by atoms with Crippen LogP contribution in [0.15, 0.2) is 87.6 Å². The first-order valence-corrected chi connectivity index (χ1v) is 14.4. The molecule has 4 aromatic rings. The second-order valence-electron chi connectivity index (χ2n) is 9.18. The van der Waals surface area contributed by atoms with Crippen molar-refractivity contribution >= 4 is 49.4 Å². The summed E-state index contributed by atoms with van der Waals surface area (Å²) in [5, 5.41) is 32.2. The van der Waals surface area contributed by atoms with Gasteiger partial charge < -0.3 is 14.9 Å². The molecule has 0 radical (unpaired) electrons. The molecule has 12 nitrogen and oxygen atoms in total. The zero-order chi connectivity index (χ0) is 30.3. The Kier molecular flexibility index (Phi) is 7.26. The van der Waals surface area contributed by atoms with Crippen LogP contribution in [0.1, 0.15) is 22.7 Å². The molecule has 1 aromatic heterocycles. The first-order chi connectivity index (χ1) is 19.9. The molecular weight excluding hydrogens is 586 g/mol. The smallest absolute Gasteiger partial charge is 0.301 e. The van der Waals surface area contributed by atoms with E-state index in [1.807, 2.05) is 6.92 Å². The number of aromatic nitrogens is 1. The zero-order valence-corrected chi connectivity index (χ0v) is 23.5. The van der Waals surface area contributed by atoms with Gasteiger partial charge in [-0.25, -0.2) is 13.4 Å². The molecular formula is C28H21N3O9S2. The number of nitro groups is 1. The molecule has 14 heteroatoms. The van der Waals surface area contributed by atoms with E-state index < -0.39 is 38.3 Å². The second kappa shape index (κ2) is 10.7. The number of methoxy groups -OCH3 is 1. The van der Waals surface area contributed by atoms with Gasteiger partial charge in [-0.15, -0.1) is 0 Å². The van der Waals surface area contributed by atoms with Gasteiger partial charge in [-0.05, 0) is 36.8 Å². The number of carbonyl (C=O) groups is 2. The summed E-state index contributed by atoms with van der Waals surface area (Å²) in [7, 11) is -2.88. The third kappa shape index (κ3) is 4.86. The molecule has 1 aliphatic heterocycles. The van der Waals surface area contributed by atoms with Crippen molar-refractivity contribution < 1.29 is 37.9 Å². The lowest BCUT2D eigenvalue weighted by molar-refractivity contribution is -0.384. The van der Waals surface area contributed by atoms with Gasteiger partial charge in [-0.3, -0.25) is 24.6 Å². The highest BCUT2D eigenvalue weighted by molar-refractivity contribution is 7.93. The average molecular weight is 608 g/mol. The lowest BCUT2D eigenvalue weighted by Gasteiger charge is -2.23. The van der Waals surface area contributed by atoms with E-state index in [1.165, 1.54) is 25.3 Å². The number of sulfone groups is 1. The number of hydrogen-bond acceptors (Lipinski definition) is 11. The number of rotatable bonds is 7. The lowest BCUT2D eigenvalue weighted by atomic mass is 9.95. The van der Waals surface area contributed by atoms with Gasteiger partial charge >= 0.3 is 5.91 Å². The molecule has 1 fully saturated rings. The highest BCUT2D eigenvalue weighted by Gasteiger charge is 2.48. The predicted molar refractivity (Wildman–Crippen MR) is 151 cm³/mol. The van der Waals surface area contributed by atoms with Gasteiger partial charge in [0.2, 0.25) is 9.84 Å². The Balaban J connectivity index is 1.65. The Hall–Kier alpha value is -5.08. The summed E-state index contributed by atoms with van der Waals surface area (Å²) in [5.41, 5.74) is 0.880. The second-order valence-corrected chi connectivity index (χ2v) is 12.4. The van der Waals surface area contributed by atoms with Gasteiger partial charge in [0.05, 0.1) is 34.7 Å². The third-order valence-electron chi connectivity index (χ3n) is 6.59. The number of aryl methyl sites for hydroxylation is 1. The van der Waals surface area contributed by atoms with Gasteiger partial charge in [-0.2, -0.15) is 0 Å². The van der Waals surface area contributed by atoms with E-state index in [9.17, 15) is 38.3 Å². The number of aliphatic hydroxyl groups excluding tert-OH is 1. The van der Waals surface area contributed by atoms with Crippen LogP contribution >= 0.6 is 11.3 Å². The molecule has 0 unspecified atom stereocenters. The van der Waals surface area contributed by atoms with Crippen LogP contribution in [-0.2, 0) is 19.4 Å². The van der Waals surface area contributed by atoms with Crippen molar-refractivity contribution in [1.82, 2.24) is 4.98 Å². The summed E-state index contributed by atoms with van der Waals surface area (Å²) in [6, 6.07) is 13.8. The number of ether oxygens (including phenoxy) is 1. The fourth-order valence-corrected chi connectivity index (χ4v) is 6.97. The largest absolute Gasteiger partial charge is 0.507 e. The van der Waals surface area contributed by atoms with Crippen LogP contribution in [0.4, 0.5) is 10.8 Å². The van der Waals surface area contributed by atoms with Crippen LogP contribution in [0.5, 0.6) is 11.5 Å². The highest BCUT2D eigenvalue weighted by atomic mass is 32.2. The van der Waals surface area contributed by atoms with E-state index in [1.54, 1.807) is 24.3 Å². The topological polar surface area (TPSA) is 177 Å². The zero-order valence-electron chi connectivity index (χ0n) is 21.9. The van der Waals surface area contributed by atoms with E-state index in [4.69, 9.17) is 4.74 Å². The Morgan fingerprint density at radius 2 is 1.74 bits per heavy atom. The Morgan fingerprint density at radius 3 is 2.36 bits per heavy atom. The molecule has 0 saturated carbocycles. The normalized spacial score (nSPS) is 16.5. The number of anilines is 1. The molecule has 0 aliphatic carbocycles. The SMILES string of the molecule is COc1cc([C@H]2C(=C(O)c3ccc(C)cc3)C(=O)C(=O)N2c2ncc(S(=O)(=O)c3ccc([N+](=O)[O-])cc3)s2)ccc1O. The first kappa shape index (κ1) is 28.4. The molecule has 0 bridgehead atoms. The van der Waals surface area contributed by atoms with Crippen molar-refractivity contribution in [2.45, 2.75) is 22.1 Å². The number of phenols is 1. The molecule has 5 rings (SSSR count). The summed E-state index contributed by atoms with van der Waals surface area (Å²) in [5.74, 6) is -2.71. The van der Waals surface area contributed by atoms with Crippen LogP contribution in [-0.4, -0.2) is 47.3 Å². The summed E-state index contributed by atoms with van der Waals surface area (Å²) in [4.78, 5) is 42.0. The monoisotopic (exact) mass is 607 g/mol. The van der Waals surface area contributed by atoms with Crippen LogP contribution in [0.25, 0.3) is 5.76 Å². The van der Waals surface area contributed by atoms with Crippen molar-refractivity contribution in [3.8, 4) is 11.5 Å². The summed E-state index contributed by atoms with van der Waals surface area (Å²) >= 11 is 0.606. The number of amides is 1. The van der Waals surface area contributed by atoms with Crippen molar-refractivity contribution in [3.05, 3.63) is 105 Å². The number of phenolic OH excluding ortho intramolecular Hbond substituents is 1. The van der Waals surface area contributed by atoms with Gasteiger partial charge in [0.1, 0.15) is 9.97 Å². The quantitative estimate of drug-likeness (QED) is 0.0997. The maximum atomic E-state index is 13.4. The molecule has 1 amide bonds. The third-order valence-corrected chi connectivity index (χ3v) is 9.82. The average Bonchev–Trinajstić information content (AvgIpc) is 3.57. The first-order valence-electron chi connectivity index (χ1n) is 12.1. The van der Waals surface area contributed by atoms with E-state index in [-0.39, 0.29) is 48.1 Å². The Bertz CT molecular complexity index is 1880. The number of thiazole rings is 1. The molecule has 3 aromatic carbocycles. The van der Waals surface area contributed by atoms with E-state index in [0.717, 1.165) is 40.9 Å². The van der Waals surface area contributed by atoms with Crippen LogP contribution in [0, 0.1) is 17.0 Å². The molecule has 0 spiro atoms. The number of ketones is 1. The lowest BCUT2D eigenvalue weighted by Crippen LogP contribution is -2.29. The maximum absolute atomic E-state index is 13.4. The number of non-ortho nitro benzene ring substituents is 1. The molecule has 2 N–H and O–H groups in total. The fraction of sp³-hybridized carbons (Fsp3) is 0.107. The number of nitrogens with zero attached hydrogens (tertiary/aromatic N) is 3. The maximum Gasteiger partial charge on any atom is 0.301 e. The predicted octanol–water partition coefficient (Wildman–Crippen LogP) is 4.53. The van der Waals surface area contributed by atoms with E-state index >= 15 is 0 Å². The van der Waals surface area contributed by atoms with Gasteiger partial charge in [0.25, 0.3) is 11.5 Å². The van der Waals surface area contributed by atoms with Gasteiger partial charge in [0.15, 0.2) is 16.6 Å². The van der Waals surface area contributed by atoms with E-state index in [2.05, 4.69) is 4.98 Å². The van der Waals surface area contributed by atoms with Crippen molar-refractivity contribution in [1.29, 1.82) is 0 Å².